The third-order valence-electron chi connectivity index (χ3n) is 5.56. The number of nitrogens with one attached hydrogen (secondary N) is 1. The number of amides is 1. The third-order valence-corrected chi connectivity index (χ3v) is 5.56. The molecular weight excluding hydrogens is 366 g/mol. The number of carbonyl (C=O) groups excluding carboxylic acids is 2. The number of hydrogen-bond donors (Lipinski definition) is 1. The molecule has 0 bridgehead atoms. The minimum Gasteiger partial charge on any atom is -0.379 e. The van der Waals surface area contributed by atoms with Gasteiger partial charge in [0, 0.05) is 30.6 Å². The van der Waals surface area contributed by atoms with E-state index in [9.17, 15) is 9.59 Å². The van der Waals surface area contributed by atoms with E-state index in [1.165, 1.54) is 5.56 Å². The van der Waals surface area contributed by atoms with E-state index in [1.54, 1.807) is 0 Å². The molecule has 29 heavy (non-hydrogen) atoms. The molecule has 0 atom stereocenters. The summed E-state index contributed by atoms with van der Waals surface area (Å²) < 4.78 is 10.8. The molecule has 1 saturated carbocycles. The maximum Gasteiger partial charge on any atom is 0.223 e. The molecule has 1 aliphatic carbocycles. The lowest BCUT2D eigenvalue weighted by molar-refractivity contribution is -0.126. The van der Waals surface area contributed by atoms with Crippen molar-refractivity contribution in [2.24, 2.45) is 11.8 Å². The summed E-state index contributed by atoms with van der Waals surface area (Å²) in [6.07, 6.45) is 4.87. The first-order valence-electron chi connectivity index (χ1n) is 11.1. The first kappa shape index (κ1) is 23.6. The summed E-state index contributed by atoms with van der Waals surface area (Å²) in [5.74, 6) is 0.936. The molecule has 1 fully saturated rings. The molecule has 1 aromatic carbocycles. The van der Waals surface area contributed by atoms with Crippen molar-refractivity contribution in [1.29, 1.82) is 0 Å². The summed E-state index contributed by atoms with van der Waals surface area (Å²) in [6.45, 7) is 8.96. The summed E-state index contributed by atoms with van der Waals surface area (Å²) in [5, 5.41) is 3.00. The lowest BCUT2D eigenvalue weighted by Gasteiger charge is -2.28. The number of ether oxygens (including phenoxy) is 2. The Kier molecular flexibility index (Phi) is 10.4. The van der Waals surface area contributed by atoms with Gasteiger partial charge in [-0.05, 0) is 43.6 Å². The molecule has 1 aliphatic rings. The van der Waals surface area contributed by atoms with Crippen LogP contribution >= 0.6 is 0 Å². The van der Waals surface area contributed by atoms with Crippen LogP contribution in [0.5, 0.6) is 0 Å². The molecule has 0 saturated heterocycles. The zero-order valence-corrected chi connectivity index (χ0v) is 18.2. The topological polar surface area (TPSA) is 64.6 Å². The number of Topliss-reactive ketones (excluding diaryl/α,β-unsaturated/α-hetero) is 1. The number of rotatable bonds is 12. The highest BCUT2D eigenvalue weighted by Gasteiger charge is 2.27. The lowest BCUT2D eigenvalue weighted by atomic mass is 9.78. The Balaban J connectivity index is 1.65. The van der Waals surface area contributed by atoms with Crippen LogP contribution in [0.1, 0.15) is 74.7 Å². The Labute approximate surface area is 175 Å². The Bertz CT molecular complexity index is 618. The van der Waals surface area contributed by atoms with Gasteiger partial charge in [0.1, 0.15) is 0 Å². The fourth-order valence-electron chi connectivity index (χ4n) is 3.80. The van der Waals surface area contributed by atoms with Crippen molar-refractivity contribution >= 4 is 11.7 Å². The van der Waals surface area contributed by atoms with Gasteiger partial charge in [-0.15, -0.1) is 0 Å². The van der Waals surface area contributed by atoms with Gasteiger partial charge in [0.05, 0.1) is 19.8 Å². The Morgan fingerprint density at radius 1 is 0.966 bits per heavy atom. The first-order valence-corrected chi connectivity index (χ1v) is 11.1. The summed E-state index contributed by atoms with van der Waals surface area (Å²) in [7, 11) is 0. The van der Waals surface area contributed by atoms with Crippen molar-refractivity contribution in [3.8, 4) is 0 Å². The van der Waals surface area contributed by atoms with Gasteiger partial charge in [0.2, 0.25) is 5.91 Å². The van der Waals surface area contributed by atoms with E-state index in [0.29, 0.717) is 32.3 Å². The van der Waals surface area contributed by atoms with Gasteiger partial charge in [0.15, 0.2) is 5.78 Å². The van der Waals surface area contributed by atoms with Gasteiger partial charge in [-0.25, -0.2) is 0 Å². The van der Waals surface area contributed by atoms with Gasteiger partial charge in [-0.3, -0.25) is 9.59 Å². The second-order valence-corrected chi connectivity index (χ2v) is 8.21. The average Bonchev–Trinajstić information content (AvgIpc) is 2.75. The van der Waals surface area contributed by atoms with Crippen LogP contribution in [0.2, 0.25) is 0 Å². The van der Waals surface area contributed by atoms with Crippen LogP contribution in [0, 0.1) is 11.8 Å². The second-order valence-electron chi connectivity index (χ2n) is 8.21. The maximum absolute atomic E-state index is 12.4. The quantitative estimate of drug-likeness (QED) is 0.416. The van der Waals surface area contributed by atoms with E-state index in [-0.39, 0.29) is 23.5 Å². The van der Waals surface area contributed by atoms with Crippen LogP contribution in [0.3, 0.4) is 0 Å². The zero-order chi connectivity index (χ0) is 21.1. The largest absolute Gasteiger partial charge is 0.379 e. The number of benzene rings is 1. The predicted octanol–water partition coefficient (Wildman–Crippen LogP) is 4.36. The van der Waals surface area contributed by atoms with Crippen molar-refractivity contribution in [3.63, 3.8) is 0 Å². The second kappa shape index (κ2) is 12.8. The summed E-state index contributed by atoms with van der Waals surface area (Å²) >= 11 is 0. The molecule has 5 heteroatoms. The molecule has 0 heterocycles. The minimum atomic E-state index is 0.0228. The molecule has 1 amide bonds. The number of carbonyl (C=O) groups is 2. The predicted molar refractivity (Wildman–Crippen MR) is 115 cm³/mol. The molecule has 1 N–H and O–H groups in total. The SMILES string of the molecule is CCCOCCOCCNC(=O)C1CCC(c2ccc(C(=O)C(C)C)cc2)CC1. The fourth-order valence-corrected chi connectivity index (χ4v) is 3.80. The minimum absolute atomic E-state index is 0.0228. The van der Waals surface area contributed by atoms with Crippen molar-refractivity contribution in [1.82, 2.24) is 5.32 Å². The number of hydrogen-bond acceptors (Lipinski definition) is 4. The Morgan fingerprint density at radius 2 is 1.59 bits per heavy atom. The average molecular weight is 404 g/mol. The van der Waals surface area contributed by atoms with E-state index < -0.39 is 0 Å². The summed E-state index contributed by atoms with van der Waals surface area (Å²) in [5.41, 5.74) is 2.07. The molecule has 0 aliphatic heterocycles. The molecule has 5 nitrogen and oxygen atoms in total. The zero-order valence-electron chi connectivity index (χ0n) is 18.2. The standard InChI is InChI=1S/C24H37NO4/c1-4-14-28-16-17-29-15-13-25-24(27)22-11-7-20(8-12-22)19-5-9-21(10-6-19)23(26)18(2)3/h5-6,9-10,18,20,22H,4,7-8,11-17H2,1-3H3,(H,25,27). The molecule has 162 valence electrons. The fraction of sp³-hybridized carbons (Fsp3) is 0.667. The number of ketones is 1. The van der Waals surface area contributed by atoms with Gasteiger partial charge < -0.3 is 14.8 Å². The molecule has 0 radical (unpaired) electrons. The molecule has 1 aromatic rings. The normalized spacial score (nSPS) is 19.3. The van der Waals surface area contributed by atoms with Crippen LogP contribution in [0.25, 0.3) is 0 Å². The highest BCUT2D eigenvalue weighted by Crippen LogP contribution is 2.36. The van der Waals surface area contributed by atoms with Crippen LogP contribution in [0.4, 0.5) is 0 Å². The summed E-state index contributed by atoms with van der Waals surface area (Å²) in [6, 6.07) is 8.07. The van der Waals surface area contributed by atoms with E-state index >= 15 is 0 Å². The summed E-state index contributed by atoms with van der Waals surface area (Å²) in [4.78, 5) is 24.4. The van der Waals surface area contributed by atoms with E-state index in [2.05, 4.69) is 24.4 Å². The van der Waals surface area contributed by atoms with Crippen molar-refractivity contribution in [2.75, 3.05) is 33.0 Å². The molecular formula is C24H37NO4. The Morgan fingerprint density at radius 3 is 2.17 bits per heavy atom. The van der Waals surface area contributed by atoms with Gasteiger partial charge in [-0.2, -0.15) is 0 Å². The highest BCUT2D eigenvalue weighted by atomic mass is 16.5. The van der Waals surface area contributed by atoms with Gasteiger partial charge in [0.25, 0.3) is 0 Å². The van der Waals surface area contributed by atoms with E-state index in [1.807, 2.05) is 26.0 Å². The smallest absolute Gasteiger partial charge is 0.223 e. The van der Waals surface area contributed by atoms with E-state index in [0.717, 1.165) is 44.3 Å². The molecule has 0 aromatic heterocycles. The van der Waals surface area contributed by atoms with Gasteiger partial charge >= 0.3 is 0 Å². The molecule has 2 rings (SSSR count). The highest BCUT2D eigenvalue weighted by molar-refractivity contribution is 5.97. The van der Waals surface area contributed by atoms with Crippen LogP contribution in [-0.2, 0) is 14.3 Å². The molecule has 0 unspecified atom stereocenters. The van der Waals surface area contributed by atoms with Crippen molar-refractivity contribution in [2.45, 2.75) is 58.8 Å². The van der Waals surface area contributed by atoms with Gasteiger partial charge in [-0.1, -0.05) is 45.0 Å². The lowest BCUT2D eigenvalue weighted by Crippen LogP contribution is -2.35. The van der Waals surface area contributed by atoms with Crippen LogP contribution in [0.15, 0.2) is 24.3 Å². The maximum atomic E-state index is 12.4. The molecule has 0 spiro atoms. The van der Waals surface area contributed by atoms with Crippen molar-refractivity contribution in [3.05, 3.63) is 35.4 Å². The first-order chi connectivity index (χ1) is 14.0. The van der Waals surface area contributed by atoms with Crippen LogP contribution < -0.4 is 5.32 Å². The van der Waals surface area contributed by atoms with E-state index in [4.69, 9.17) is 9.47 Å². The third kappa shape index (κ3) is 7.90. The van der Waals surface area contributed by atoms with Crippen molar-refractivity contribution < 1.29 is 19.1 Å². The van der Waals surface area contributed by atoms with Crippen LogP contribution in [-0.4, -0.2) is 44.7 Å². The monoisotopic (exact) mass is 403 g/mol. The Hall–Kier alpha value is -1.72.